The Morgan fingerprint density at radius 1 is 1.46 bits per heavy atom. The normalized spacial score (nSPS) is 11.8. The molecule has 13 heavy (non-hydrogen) atoms. The maximum Gasteiger partial charge on any atom is 0.418 e. The second-order valence-corrected chi connectivity index (χ2v) is 4.11. The first-order valence-corrected chi connectivity index (χ1v) is 4.88. The fourth-order valence-corrected chi connectivity index (χ4v) is 2.37. The SMILES string of the molecule is Nc1ncc(Br)c(C(F)(F)F)c1I. The average Bonchev–Trinajstić information content (AvgIpc) is 1.95. The molecule has 1 rings (SSSR count). The zero-order valence-electron chi connectivity index (χ0n) is 5.99. The summed E-state index contributed by atoms with van der Waals surface area (Å²) in [6, 6.07) is 0. The van der Waals surface area contributed by atoms with Crippen molar-refractivity contribution in [1.82, 2.24) is 4.98 Å². The third-order valence-electron chi connectivity index (χ3n) is 1.28. The van der Waals surface area contributed by atoms with Crippen LogP contribution in [0.1, 0.15) is 5.56 Å². The van der Waals surface area contributed by atoms with Gasteiger partial charge in [-0.1, -0.05) is 0 Å². The highest BCUT2D eigenvalue weighted by Crippen LogP contribution is 2.38. The number of rotatable bonds is 0. The first kappa shape index (κ1) is 11.0. The smallest absolute Gasteiger partial charge is 0.383 e. The Labute approximate surface area is 94.0 Å². The van der Waals surface area contributed by atoms with Gasteiger partial charge in [0, 0.05) is 10.7 Å². The fourth-order valence-electron chi connectivity index (χ4n) is 0.740. The lowest BCUT2D eigenvalue weighted by Crippen LogP contribution is -2.11. The summed E-state index contributed by atoms with van der Waals surface area (Å²) < 4.78 is 36.9. The second-order valence-electron chi connectivity index (χ2n) is 2.18. The van der Waals surface area contributed by atoms with E-state index in [4.69, 9.17) is 5.73 Å². The van der Waals surface area contributed by atoms with Gasteiger partial charge in [0.15, 0.2) is 0 Å². The van der Waals surface area contributed by atoms with Crippen LogP contribution in [-0.4, -0.2) is 4.98 Å². The molecule has 0 saturated carbocycles. The zero-order chi connectivity index (χ0) is 10.2. The van der Waals surface area contributed by atoms with Crippen molar-refractivity contribution in [2.24, 2.45) is 0 Å². The third kappa shape index (κ3) is 2.25. The number of nitrogens with zero attached hydrogens (tertiary/aromatic N) is 1. The lowest BCUT2D eigenvalue weighted by atomic mass is 10.2. The van der Waals surface area contributed by atoms with Crippen LogP contribution in [0.25, 0.3) is 0 Å². The van der Waals surface area contributed by atoms with Crippen LogP contribution >= 0.6 is 38.5 Å². The lowest BCUT2D eigenvalue weighted by Gasteiger charge is -2.11. The molecule has 0 aliphatic heterocycles. The Balaban J connectivity index is 3.43. The monoisotopic (exact) mass is 366 g/mol. The minimum atomic E-state index is -4.41. The molecule has 1 aromatic heterocycles. The number of nitrogens with two attached hydrogens (primary N) is 1. The Hall–Kier alpha value is -0.0500. The molecule has 0 radical (unpaired) electrons. The van der Waals surface area contributed by atoms with Gasteiger partial charge in [0.1, 0.15) is 5.82 Å². The van der Waals surface area contributed by atoms with Gasteiger partial charge in [-0.15, -0.1) is 0 Å². The quantitative estimate of drug-likeness (QED) is 0.717. The van der Waals surface area contributed by atoms with E-state index >= 15 is 0 Å². The number of pyridine rings is 1. The van der Waals surface area contributed by atoms with Crippen molar-refractivity contribution in [2.45, 2.75) is 6.18 Å². The van der Waals surface area contributed by atoms with E-state index in [9.17, 15) is 13.2 Å². The first-order chi connectivity index (χ1) is 5.84. The molecule has 0 aliphatic carbocycles. The summed E-state index contributed by atoms with van der Waals surface area (Å²) in [5.41, 5.74) is 4.47. The molecule has 0 saturated heterocycles. The molecule has 7 heteroatoms. The van der Waals surface area contributed by atoms with Crippen molar-refractivity contribution in [3.8, 4) is 0 Å². The molecule has 0 aromatic carbocycles. The number of aromatic nitrogens is 1. The van der Waals surface area contributed by atoms with E-state index in [1.54, 1.807) is 0 Å². The van der Waals surface area contributed by atoms with Crippen LogP contribution in [0, 0.1) is 3.57 Å². The van der Waals surface area contributed by atoms with E-state index in [0.717, 1.165) is 6.20 Å². The van der Waals surface area contributed by atoms with Crippen LogP contribution < -0.4 is 5.73 Å². The van der Waals surface area contributed by atoms with Crippen LogP contribution in [0.3, 0.4) is 0 Å². The maximum absolute atomic E-state index is 12.4. The van der Waals surface area contributed by atoms with E-state index in [-0.39, 0.29) is 13.9 Å². The Morgan fingerprint density at radius 3 is 2.38 bits per heavy atom. The van der Waals surface area contributed by atoms with Crippen molar-refractivity contribution in [1.29, 1.82) is 0 Å². The van der Waals surface area contributed by atoms with Gasteiger partial charge in [-0.2, -0.15) is 13.2 Å². The average molecular weight is 367 g/mol. The zero-order valence-corrected chi connectivity index (χ0v) is 9.74. The highest BCUT2D eigenvalue weighted by molar-refractivity contribution is 14.1. The van der Waals surface area contributed by atoms with Gasteiger partial charge in [-0.3, -0.25) is 0 Å². The van der Waals surface area contributed by atoms with E-state index in [1.165, 1.54) is 22.6 Å². The van der Waals surface area contributed by atoms with Crippen molar-refractivity contribution in [3.63, 3.8) is 0 Å². The Bertz CT molecular complexity index is 339. The van der Waals surface area contributed by atoms with E-state index in [0.29, 0.717) is 0 Å². The first-order valence-electron chi connectivity index (χ1n) is 3.00. The van der Waals surface area contributed by atoms with E-state index in [2.05, 4.69) is 20.9 Å². The van der Waals surface area contributed by atoms with Crippen LogP contribution in [0.5, 0.6) is 0 Å². The topological polar surface area (TPSA) is 38.9 Å². The number of anilines is 1. The van der Waals surface area contributed by atoms with E-state index < -0.39 is 11.7 Å². The fraction of sp³-hybridized carbons (Fsp3) is 0.167. The minimum Gasteiger partial charge on any atom is -0.383 e. The van der Waals surface area contributed by atoms with Gasteiger partial charge in [-0.25, -0.2) is 4.98 Å². The lowest BCUT2D eigenvalue weighted by molar-refractivity contribution is -0.138. The van der Waals surface area contributed by atoms with Gasteiger partial charge >= 0.3 is 6.18 Å². The van der Waals surface area contributed by atoms with Gasteiger partial charge in [0.25, 0.3) is 0 Å². The predicted molar refractivity (Wildman–Crippen MR) is 54.1 cm³/mol. The molecular weight excluding hydrogens is 364 g/mol. The molecule has 0 fully saturated rings. The summed E-state index contributed by atoms with van der Waals surface area (Å²) in [7, 11) is 0. The van der Waals surface area contributed by atoms with Crippen molar-refractivity contribution >= 4 is 44.3 Å². The molecule has 0 atom stereocenters. The van der Waals surface area contributed by atoms with Gasteiger partial charge < -0.3 is 5.73 Å². The van der Waals surface area contributed by atoms with Crippen molar-refractivity contribution in [3.05, 3.63) is 19.8 Å². The summed E-state index contributed by atoms with van der Waals surface area (Å²) in [4.78, 5) is 3.58. The van der Waals surface area contributed by atoms with Gasteiger partial charge in [0.05, 0.1) is 9.13 Å². The molecule has 2 nitrogen and oxygen atoms in total. The van der Waals surface area contributed by atoms with Crippen molar-refractivity contribution < 1.29 is 13.2 Å². The summed E-state index contributed by atoms with van der Waals surface area (Å²) in [5.74, 6) is -0.115. The molecule has 0 aliphatic rings. The van der Waals surface area contributed by atoms with Crippen LogP contribution in [-0.2, 0) is 6.18 Å². The highest BCUT2D eigenvalue weighted by Gasteiger charge is 2.36. The maximum atomic E-state index is 12.4. The number of nitrogen functional groups attached to an aromatic ring is 1. The number of hydrogen-bond donors (Lipinski definition) is 1. The van der Waals surface area contributed by atoms with Gasteiger partial charge in [0.2, 0.25) is 0 Å². The number of hydrogen-bond acceptors (Lipinski definition) is 2. The molecule has 2 N–H and O–H groups in total. The molecular formula is C6H3BrF3IN2. The molecule has 0 amide bonds. The van der Waals surface area contributed by atoms with Crippen LogP contribution in [0.2, 0.25) is 0 Å². The Morgan fingerprint density at radius 2 is 2.00 bits per heavy atom. The standard InChI is InChI=1S/C6H3BrF3IN2/c7-2-1-13-5(12)4(11)3(2)6(8,9)10/h1H,(H2,12,13). The Kier molecular flexibility index (Phi) is 3.05. The molecule has 1 aromatic rings. The highest BCUT2D eigenvalue weighted by atomic mass is 127. The molecule has 0 spiro atoms. The number of alkyl halides is 3. The summed E-state index contributed by atoms with van der Waals surface area (Å²) in [6.45, 7) is 0. The third-order valence-corrected chi connectivity index (χ3v) is 2.98. The molecule has 1 heterocycles. The van der Waals surface area contributed by atoms with Crippen LogP contribution in [0.4, 0.5) is 19.0 Å². The predicted octanol–water partition coefficient (Wildman–Crippen LogP) is 3.05. The van der Waals surface area contributed by atoms with Crippen LogP contribution in [0.15, 0.2) is 10.7 Å². The minimum absolute atomic E-state index is 0.0838. The summed E-state index contributed by atoms with van der Waals surface area (Å²) in [5, 5.41) is 0. The molecule has 72 valence electrons. The molecule has 0 unspecified atom stereocenters. The molecule has 0 bridgehead atoms. The number of halogens is 5. The summed E-state index contributed by atoms with van der Waals surface area (Å²) >= 11 is 4.29. The van der Waals surface area contributed by atoms with Crippen molar-refractivity contribution in [2.75, 3.05) is 5.73 Å². The second kappa shape index (κ2) is 3.60. The van der Waals surface area contributed by atoms with E-state index in [1.807, 2.05) is 0 Å². The summed E-state index contributed by atoms with van der Waals surface area (Å²) in [6.07, 6.45) is -3.37. The van der Waals surface area contributed by atoms with Gasteiger partial charge in [-0.05, 0) is 38.5 Å². The largest absolute Gasteiger partial charge is 0.418 e.